The molecule has 1 amide bonds. The lowest BCUT2D eigenvalue weighted by Crippen LogP contribution is -2.52. The number of hydrogen-bond acceptors (Lipinski definition) is 4. The second-order valence-electron chi connectivity index (χ2n) is 5.94. The molecule has 0 radical (unpaired) electrons. The highest BCUT2D eigenvalue weighted by molar-refractivity contribution is 5.97. The van der Waals surface area contributed by atoms with E-state index in [2.05, 4.69) is 6.58 Å². The number of carboxylic acids is 1. The predicted molar refractivity (Wildman–Crippen MR) is 89.2 cm³/mol. The van der Waals surface area contributed by atoms with Crippen LogP contribution in [0.4, 0.5) is 0 Å². The molecule has 0 aromatic heterocycles. The first-order valence-corrected chi connectivity index (χ1v) is 7.88. The van der Waals surface area contributed by atoms with Gasteiger partial charge in [-0.05, 0) is 25.0 Å². The van der Waals surface area contributed by atoms with Crippen LogP contribution in [0.3, 0.4) is 0 Å². The molecule has 1 aromatic carbocycles. The Bertz CT molecular complexity index is 611. The van der Waals surface area contributed by atoms with Crippen molar-refractivity contribution < 1.29 is 24.2 Å². The Morgan fingerprint density at radius 1 is 1.42 bits per heavy atom. The van der Waals surface area contributed by atoms with Gasteiger partial charge >= 0.3 is 5.97 Å². The van der Waals surface area contributed by atoms with Crippen molar-refractivity contribution in [3.05, 3.63) is 42.5 Å². The fourth-order valence-corrected chi connectivity index (χ4v) is 3.02. The van der Waals surface area contributed by atoms with Gasteiger partial charge < -0.3 is 19.5 Å². The standard InChI is InChI=1S/C18H23NO5/c1-3-11-24-15-8-5-4-7-14(15)16(20)19-10-6-9-18(12-19,13-23-2)17(21)22/h3-5,7-8H,1,6,9-13H2,2H3,(H,21,22). The molecule has 1 aliphatic rings. The van der Waals surface area contributed by atoms with Gasteiger partial charge in [-0.25, -0.2) is 0 Å². The number of carboxylic acid groups (broad SMARTS) is 1. The van der Waals surface area contributed by atoms with E-state index in [9.17, 15) is 14.7 Å². The number of aliphatic carboxylic acids is 1. The van der Waals surface area contributed by atoms with Gasteiger partial charge in [0.25, 0.3) is 5.91 Å². The molecule has 1 N–H and O–H groups in total. The van der Waals surface area contributed by atoms with Crippen LogP contribution in [0.1, 0.15) is 23.2 Å². The van der Waals surface area contributed by atoms with E-state index in [1.807, 2.05) is 0 Å². The van der Waals surface area contributed by atoms with E-state index in [1.165, 1.54) is 7.11 Å². The molecule has 1 aliphatic heterocycles. The molecule has 0 spiro atoms. The molecule has 1 fully saturated rings. The number of amides is 1. The van der Waals surface area contributed by atoms with Crippen molar-refractivity contribution >= 4 is 11.9 Å². The molecular formula is C18H23NO5. The maximum absolute atomic E-state index is 12.9. The Kier molecular flexibility index (Phi) is 5.98. The van der Waals surface area contributed by atoms with Crippen molar-refractivity contribution in [1.82, 2.24) is 4.90 Å². The van der Waals surface area contributed by atoms with E-state index < -0.39 is 11.4 Å². The average Bonchev–Trinajstić information content (AvgIpc) is 2.60. The second kappa shape index (κ2) is 7.97. The Labute approximate surface area is 141 Å². The van der Waals surface area contributed by atoms with Crippen LogP contribution in [-0.4, -0.2) is 55.3 Å². The lowest BCUT2D eigenvalue weighted by Gasteiger charge is -2.39. The third-order valence-corrected chi connectivity index (χ3v) is 4.21. The minimum atomic E-state index is -1.06. The van der Waals surface area contributed by atoms with Crippen molar-refractivity contribution in [2.75, 3.05) is 33.4 Å². The Balaban J connectivity index is 2.23. The molecule has 6 nitrogen and oxygen atoms in total. The SMILES string of the molecule is C=CCOc1ccccc1C(=O)N1CCCC(COC)(C(=O)O)C1. The van der Waals surface area contributed by atoms with Crippen LogP contribution in [0.25, 0.3) is 0 Å². The highest BCUT2D eigenvalue weighted by Gasteiger charge is 2.44. The molecule has 0 bridgehead atoms. The number of nitrogens with zero attached hydrogens (tertiary/aromatic N) is 1. The van der Waals surface area contributed by atoms with Crippen molar-refractivity contribution in [3.8, 4) is 5.75 Å². The molecular weight excluding hydrogens is 310 g/mol. The van der Waals surface area contributed by atoms with E-state index in [4.69, 9.17) is 9.47 Å². The molecule has 130 valence electrons. The van der Waals surface area contributed by atoms with Gasteiger partial charge in [-0.1, -0.05) is 24.8 Å². The summed E-state index contributed by atoms with van der Waals surface area (Å²) in [6, 6.07) is 6.96. The summed E-state index contributed by atoms with van der Waals surface area (Å²) >= 11 is 0. The third-order valence-electron chi connectivity index (χ3n) is 4.21. The van der Waals surface area contributed by atoms with E-state index in [0.717, 1.165) is 0 Å². The third kappa shape index (κ3) is 3.76. The van der Waals surface area contributed by atoms with E-state index in [-0.39, 0.29) is 19.1 Å². The average molecular weight is 333 g/mol. The number of ether oxygens (including phenoxy) is 2. The fourth-order valence-electron chi connectivity index (χ4n) is 3.02. The zero-order chi connectivity index (χ0) is 17.6. The molecule has 6 heteroatoms. The van der Waals surface area contributed by atoms with Crippen LogP contribution in [-0.2, 0) is 9.53 Å². The van der Waals surface area contributed by atoms with E-state index >= 15 is 0 Å². The van der Waals surface area contributed by atoms with Gasteiger partial charge in [0.1, 0.15) is 17.8 Å². The van der Waals surface area contributed by atoms with E-state index in [0.29, 0.717) is 37.3 Å². The predicted octanol–water partition coefficient (Wildman–Crippen LogP) is 2.20. The molecule has 1 heterocycles. The van der Waals surface area contributed by atoms with Crippen molar-refractivity contribution in [2.24, 2.45) is 5.41 Å². The molecule has 24 heavy (non-hydrogen) atoms. The van der Waals surface area contributed by atoms with Gasteiger partial charge in [0.15, 0.2) is 0 Å². The lowest BCUT2D eigenvalue weighted by atomic mass is 9.80. The second-order valence-corrected chi connectivity index (χ2v) is 5.94. The monoisotopic (exact) mass is 333 g/mol. The zero-order valence-corrected chi connectivity index (χ0v) is 13.9. The van der Waals surface area contributed by atoms with Gasteiger partial charge in [-0.15, -0.1) is 0 Å². The molecule has 1 saturated heterocycles. The molecule has 2 rings (SSSR count). The highest BCUT2D eigenvalue weighted by atomic mass is 16.5. The summed E-state index contributed by atoms with van der Waals surface area (Å²) in [7, 11) is 1.48. The van der Waals surface area contributed by atoms with Crippen LogP contribution in [0.5, 0.6) is 5.75 Å². The number of methoxy groups -OCH3 is 1. The number of para-hydroxylation sites is 1. The van der Waals surface area contributed by atoms with Gasteiger partial charge in [0.2, 0.25) is 0 Å². The quantitative estimate of drug-likeness (QED) is 0.774. The largest absolute Gasteiger partial charge is 0.489 e. The summed E-state index contributed by atoms with van der Waals surface area (Å²) in [4.78, 5) is 26.2. The van der Waals surface area contributed by atoms with Gasteiger partial charge in [-0.3, -0.25) is 9.59 Å². The minimum Gasteiger partial charge on any atom is -0.489 e. The van der Waals surface area contributed by atoms with E-state index in [1.54, 1.807) is 35.2 Å². The number of hydrogen-bond donors (Lipinski definition) is 1. The van der Waals surface area contributed by atoms with Crippen LogP contribution >= 0.6 is 0 Å². The highest BCUT2D eigenvalue weighted by Crippen LogP contribution is 2.32. The summed E-state index contributed by atoms with van der Waals surface area (Å²) in [5.74, 6) is -0.685. The summed E-state index contributed by atoms with van der Waals surface area (Å²) in [5, 5.41) is 9.61. The first kappa shape index (κ1) is 18.0. The van der Waals surface area contributed by atoms with Crippen LogP contribution in [0.2, 0.25) is 0 Å². The first-order valence-electron chi connectivity index (χ1n) is 7.88. The minimum absolute atomic E-state index is 0.0841. The summed E-state index contributed by atoms with van der Waals surface area (Å²) < 4.78 is 10.6. The smallest absolute Gasteiger partial charge is 0.313 e. The number of piperidine rings is 1. The summed E-state index contributed by atoms with van der Waals surface area (Å²) in [5.41, 5.74) is -0.627. The lowest BCUT2D eigenvalue weighted by molar-refractivity contribution is -0.155. The molecule has 0 aliphatic carbocycles. The Morgan fingerprint density at radius 3 is 2.83 bits per heavy atom. The van der Waals surface area contributed by atoms with Crippen LogP contribution < -0.4 is 4.74 Å². The first-order chi connectivity index (χ1) is 11.5. The number of carbonyl (C=O) groups excluding carboxylic acids is 1. The van der Waals surface area contributed by atoms with Crippen molar-refractivity contribution in [1.29, 1.82) is 0 Å². The van der Waals surface area contributed by atoms with Crippen LogP contribution in [0.15, 0.2) is 36.9 Å². The topological polar surface area (TPSA) is 76.1 Å². The zero-order valence-electron chi connectivity index (χ0n) is 13.9. The van der Waals surface area contributed by atoms with Gasteiger partial charge in [-0.2, -0.15) is 0 Å². The van der Waals surface area contributed by atoms with Crippen molar-refractivity contribution in [2.45, 2.75) is 12.8 Å². The van der Waals surface area contributed by atoms with Gasteiger partial charge in [0, 0.05) is 20.2 Å². The maximum Gasteiger partial charge on any atom is 0.313 e. The molecule has 1 aromatic rings. The van der Waals surface area contributed by atoms with Crippen LogP contribution in [0, 0.1) is 5.41 Å². The number of benzene rings is 1. The number of rotatable bonds is 7. The number of carbonyl (C=O) groups is 2. The maximum atomic E-state index is 12.9. The summed E-state index contributed by atoms with van der Waals surface area (Å²) in [6.07, 6.45) is 2.72. The molecule has 0 saturated carbocycles. The van der Waals surface area contributed by atoms with Crippen molar-refractivity contribution in [3.63, 3.8) is 0 Å². The Morgan fingerprint density at radius 2 is 2.17 bits per heavy atom. The summed E-state index contributed by atoms with van der Waals surface area (Å²) in [6.45, 7) is 4.63. The Hall–Kier alpha value is -2.34. The fraction of sp³-hybridized carbons (Fsp3) is 0.444. The molecule has 1 atom stereocenters. The number of likely N-dealkylation sites (tertiary alicyclic amines) is 1. The van der Waals surface area contributed by atoms with Gasteiger partial charge in [0.05, 0.1) is 12.2 Å². The normalized spacial score (nSPS) is 20.5. The molecule has 1 unspecified atom stereocenters.